The Kier molecular flexibility index (Phi) is 4.53. The van der Waals surface area contributed by atoms with E-state index >= 15 is 0 Å². The van der Waals surface area contributed by atoms with Gasteiger partial charge in [0.2, 0.25) is 5.88 Å². The zero-order valence-electron chi connectivity index (χ0n) is 15.7. The van der Waals surface area contributed by atoms with Gasteiger partial charge >= 0.3 is 0 Å². The summed E-state index contributed by atoms with van der Waals surface area (Å²) in [7, 11) is 0. The van der Waals surface area contributed by atoms with Crippen LogP contribution < -0.4 is 16.0 Å². The molecule has 0 aliphatic carbocycles. The van der Waals surface area contributed by atoms with Crippen molar-refractivity contribution in [3.8, 4) is 17.6 Å². The van der Waals surface area contributed by atoms with Gasteiger partial charge in [-0.05, 0) is 36.2 Å². The van der Waals surface area contributed by atoms with Crippen LogP contribution in [0.1, 0.15) is 28.3 Å². The summed E-state index contributed by atoms with van der Waals surface area (Å²) in [6.45, 7) is 2.16. The molecular weight excluding hydrogens is 368 g/mol. The molecule has 144 valence electrons. The number of aromatic hydroxyl groups is 1. The molecule has 1 aliphatic heterocycles. The zero-order valence-corrected chi connectivity index (χ0v) is 15.7. The number of phenols is 1. The second-order valence-electron chi connectivity index (χ2n) is 6.83. The summed E-state index contributed by atoms with van der Waals surface area (Å²) in [5, 5.41) is 19.3. The van der Waals surface area contributed by atoms with Gasteiger partial charge in [0.1, 0.15) is 23.1 Å². The minimum atomic E-state index is -0.683. The number of benzene rings is 1. The highest BCUT2D eigenvalue weighted by Gasteiger charge is 2.34. The van der Waals surface area contributed by atoms with Gasteiger partial charge in [-0.2, -0.15) is 5.26 Å². The van der Waals surface area contributed by atoms with E-state index in [2.05, 4.69) is 11.1 Å². The van der Waals surface area contributed by atoms with Gasteiger partial charge in [0, 0.05) is 24.2 Å². The Morgan fingerprint density at radius 1 is 1.31 bits per heavy atom. The maximum Gasteiger partial charge on any atom is 0.259 e. The molecule has 29 heavy (non-hydrogen) atoms. The minimum absolute atomic E-state index is 0.0260. The lowest BCUT2D eigenvalue weighted by molar-refractivity contribution is 0.389. The molecule has 1 aliphatic rings. The lowest BCUT2D eigenvalue weighted by Crippen LogP contribution is -2.33. The second kappa shape index (κ2) is 7.17. The number of nitriles is 1. The maximum atomic E-state index is 13.5. The predicted molar refractivity (Wildman–Crippen MR) is 106 cm³/mol. The highest BCUT2D eigenvalue weighted by Crippen LogP contribution is 2.40. The second-order valence-corrected chi connectivity index (χ2v) is 6.83. The molecule has 7 heteroatoms. The molecule has 0 spiro atoms. The molecule has 1 unspecified atom stereocenters. The average molecular weight is 386 g/mol. The predicted octanol–water partition coefficient (Wildman–Crippen LogP) is 2.52. The lowest BCUT2D eigenvalue weighted by Gasteiger charge is -2.27. The number of nitrogens with zero attached hydrogens (tertiary/aromatic N) is 3. The van der Waals surface area contributed by atoms with Crippen molar-refractivity contribution < 1.29 is 9.84 Å². The van der Waals surface area contributed by atoms with E-state index in [9.17, 15) is 15.2 Å². The van der Waals surface area contributed by atoms with Crippen molar-refractivity contribution in [3.63, 3.8) is 0 Å². The molecule has 1 atom stereocenters. The first-order valence-electron chi connectivity index (χ1n) is 8.99. The van der Waals surface area contributed by atoms with Crippen molar-refractivity contribution in [1.29, 1.82) is 5.26 Å². The van der Waals surface area contributed by atoms with E-state index < -0.39 is 5.92 Å². The third-order valence-electron chi connectivity index (χ3n) is 4.98. The summed E-state index contributed by atoms with van der Waals surface area (Å²) in [5.41, 5.74) is 8.49. The van der Waals surface area contributed by atoms with Crippen molar-refractivity contribution in [2.24, 2.45) is 5.73 Å². The van der Waals surface area contributed by atoms with Crippen LogP contribution in [0.5, 0.6) is 11.5 Å². The molecule has 0 saturated carbocycles. The summed E-state index contributed by atoms with van der Waals surface area (Å²) in [5.74, 6) is -0.279. The van der Waals surface area contributed by atoms with Crippen LogP contribution in [-0.4, -0.2) is 14.7 Å². The Morgan fingerprint density at radius 3 is 2.72 bits per heavy atom. The van der Waals surface area contributed by atoms with Crippen molar-refractivity contribution in [2.75, 3.05) is 0 Å². The summed E-state index contributed by atoms with van der Waals surface area (Å²) in [6.07, 6.45) is 3.38. The molecular formula is C22H18N4O3. The Balaban J connectivity index is 1.92. The van der Waals surface area contributed by atoms with Crippen molar-refractivity contribution >= 4 is 0 Å². The summed E-state index contributed by atoms with van der Waals surface area (Å²) in [4.78, 5) is 17.6. The first kappa shape index (κ1) is 18.3. The van der Waals surface area contributed by atoms with Crippen LogP contribution in [0.15, 0.2) is 71.1 Å². The summed E-state index contributed by atoms with van der Waals surface area (Å²) < 4.78 is 7.27. The van der Waals surface area contributed by atoms with Crippen LogP contribution in [0.4, 0.5) is 0 Å². The van der Waals surface area contributed by atoms with Gasteiger partial charge in [0.05, 0.1) is 18.0 Å². The van der Waals surface area contributed by atoms with E-state index in [4.69, 9.17) is 10.5 Å². The highest BCUT2D eigenvalue weighted by molar-refractivity contribution is 5.55. The van der Waals surface area contributed by atoms with Gasteiger partial charge in [0.25, 0.3) is 5.56 Å². The first-order valence-corrected chi connectivity index (χ1v) is 8.99. The number of nitrogens with two attached hydrogens (primary N) is 1. The largest absolute Gasteiger partial charge is 0.508 e. The Morgan fingerprint density at radius 2 is 2.07 bits per heavy atom. The van der Waals surface area contributed by atoms with Crippen LogP contribution in [0, 0.1) is 18.3 Å². The first-order chi connectivity index (χ1) is 14.0. The van der Waals surface area contributed by atoms with Crippen LogP contribution in [0.3, 0.4) is 0 Å². The number of ether oxygens (including phenoxy) is 1. The molecule has 3 N–H and O–H groups in total. The quantitative estimate of drug-likeness (QED) is 0.715. The standard InChI is InChI=1S/C22H18N4O3/c1-13-9-18-20(22(28)26(13)12-14-3-2-8-25-11-14)19(17(10-23)21(24)29-18)15-4-6-16(27)7-5-15/h2-9,11,19,27H,12,24H2,1H3. The third kappa shape index (κ3) is 3.21. The normalized spacial score (nSPS) is 15.4. The van der Waals surface area contributed by atoms with Crippen molar-refractivity contribution in [1.82, 2.24) is 9.55 Å². The lowest BCUT2D eigenvalue weighted by atomic mass is 9.84. The van der Waals surface area contributed by atoms with Gasteiger partial charge in [-0.15, -0.1) is 0 Å². The van der Waals surface area contributed by atoms with Crippen LogP contribution >= 0.6 is 0 Å². The molecule has 2 aromatic heterocycles. The number of fused-ring (bicyclic) bond motifs is 1. The fraction of sp³-hybridized carbons (Fsp3) is 0.136. The Labute approximate surface area is 166 Å². The molecule has 0 radical (unpaired) electrons. The number of allylic oxidation sites excluding steroid dienone is 1. The number of rotatable bonds is 3. The van der Waals surface area contributed by atoms with E-state index in [1.807, 2.05) is 19.1 Å². The van der Waals surface area contributed by atoms with Gasteiger partial charge in [-0.25, -0.2) is 0 Å². The van der Waals surface area contributed by atoms with E-state index in [-0.39, 0.29) is 22.8 Å². The average Bonchev–Trinajstić information content (AvgIpc) is 2.71. The summed E-state index contributed by atoms with van der Waals surface area (Å²) >= 11 is 0. The molecule has 3 heterocycles. The van der Waals surface area contributed by atoms with Crippen LogP contribution in [0.25, 0.3) is 0 Å². The SMILES string of the molecule is Cc1cc2c(c(=O)n1Cc1cccnc1)C(c1ccc(O)cc1)C(C#N)=C(N)O2. The molecule has 0 bridgehead atoms. The molecule has 0 saturated heterocycles. The number of aryl methyl sites for hydroxylation is 1. The van der Waals surface area contributed by atoms with Crippen LogP contribution in [-0.2, 0) is 6.54 Å². The molecule has 0 amide bonds. The van der Waals surface area contributed by atoms with Crippen molar-refractivity contribution in [2.45, 2.75) is 19.4 Å². The number of phenolic OH excluding ortho intramolecular Hbond substituents is 1. The minimum Gasteiger partial charge on any atom is -0.508 e. The maximum absolute atomic E-state index is 13.5. The number of hydrogen-bond acceptors (Lipinski definition) is 6. The van der Waals surface area contributed by atoms with Crippen LogP contribution in [0.2, 0.25) is 0 Å². The number of pyridine rings is 2. The smallest absolute Gasteiger partial charge is 0.259 e. The summed E-state index contributed by atoms with van der Waals surface area (Å²) in [6, 6.07) is 13.9. The molecule has 3 aromatic rings. The van der Waals surface area contributed by atoms with Crippen molar-refractivity contribution in [3.05, 3.63) is 99.1 Å². The van der Waals surface area contributed by atoms with E-state index in [0.29, 0.717) is 29.1 Å². The van der Waals surface area contributed by atoms with Gasteiger partial charge < -0.3 is 20.1 Å². The fourth-order valence-corrected chi connectivity index (χ4v) is 3.56. The van der Waals surface area contributed by atoms with E-state index in [0.717, 1.165) is 5.56 Å². The molecule has 7 nitrogen and oxygen atoms in total. The van der Waals surface area contributed by atoms with Gasteiger partial charge in [0.15, 0.2) is 0 Å². The zero-order chi connectivity index (χ0) is 20.5. The van der Waals surface area contributed by atoms with Gasteiger partial charge in [-0.3, -0.25) is 9.78 Å². The highest BCUT2D eigenvalue weighted by atomic mass is 16.5. The number of hydrogen-bond donors (Lipinski definition) is 2. The monoisotopic (exact) mass is 386 g/mol. The fourth-order valence-electron chi connectivity index (χ4n) is 3.56. The third-order valence-corrected chi connectivity index (χ3v) is 4.98. The Bertz CT molecular complexity index is 1210. The molecule has 4 rings (SSSR count). The topological polar surface area (TPSA) is 114 Å². The van der Waals surface area contributed by atoms with E-state index in [1.165, 1.54) is 12.1 Å². The van der Waals surface area contributed by atoms with E-state index in [1.54, 1.807) is 35.2 Å². The van der Waals surface area contributed by atoms with Gasteiger partial charge in [-0.1, -0.05) is 18.2 Å². The Hall–Kier alpha value is -4.05. The molecule has 1 aromatic carbocycles. The number of aromatic nitrogens is 2. The molecule has 0 fully saturated rings.